The van der Waals surface area contributed by atoms with Crippen LogP contribution in [-0.2, 0) is 17.6 Å². The number of benzene rings is 1. The van der Waals surface area contributed by atoms with Crippen LogP contribution in [0.2, 0.25) is 0 Å². The van der Waals surface area contributed by atoms with Gasteiger partial charge in [-0.25, -0.2) is 0 Å². The van der Waals surface area contributed by atoms with Gasteiger partial charge in [0.1, 0.15) is 6.04 Å². The van der Waals surface area contributed by atoms with E-state index in [4.69, 9.17) is 5.26 Å². The van der Waals surface area contributed by atoms with Crippen LogP contribution in [0.3, 0.4) is 0 Å². The van der Waals surface area contributed by atoms with E-state index >= 15 is 0 Å². The summed E-state index contributed by atoms with van der Waals surface area (Å²) in [6.07, 6.45) is 4.76. The number of aryl methyl sites for hydroxylation is 1. The number of carbonyl (C=O) groups is 1. The van der Waals surface area contributed by atoms with Crippen LogP contribution in [0.15, 0.2) is 24.3 Å². The molecule has 2 N–H and O–H groups in total. The number of rotatable bonds is 3. The lowest BCUT2D eigenvalue weighted by Gasteiger charge is -2.25. The molecule has 1 aliphatic heterocycles. The van der Waals surface area contributed by atoms with Gasteiger partial charge in [0.25, 0.3) is 0 Å². The molecule has 124 valence electrons. The Morgan fingerprint density at radius 1 is 1.38 bits per heavy atom. The van der Waals surface area contributed by atoms with Gasteiger partial charge in [0.05, 0.1) is 12.6 Å². The van der Waals surface area contributed by atoms with E-state index < -0.39 is 0 Å². The molecular weight excluding hydrogens is 300 g/mol. The second-order valence-electron chi connectivity index (χ2n) is 6.82. The fourth-order valence-electron chi connectivity index (χ4n) is 4.09. The maximum atomic E-state index is 12.3. The first kappa shape index (κ1) is 15.2. The summed E-state index contributed by atoms with van der Waals surface area (Å²) < 4.78 is 0. The Balaban J connectivity index is 1.39. The summed E-state index contributed by atoms with van der Waals surface area (Å²) in [5.74, 6) is 0.0569. The Hall–Kier alpha value is -2.32. The van der Waals surface area contributed by atoms with Gasteiger partial charge in [0.15, 0.2) is 0 Å². The first-order valence-corrected chi connectivity index (χ1v) is 8.77. The monoisotopic (exact) mass is 322 g/mol. The predicted molar refractivity (Wildman–Crippen MR) is 92.5 cm³/mol. The third kappa shape index (κ3) is 2.67. The molecule has 5 heteroatoms. The number of para-hydroxylation sites is 1. The molecule has 1 amide bonds. The van der Waals surface area contributed by atoms with Gasteiger partial charge in [-0.05, 0) is 37.3 Å². The zero-order chi connectivity index (χ0) is 16.5. The first-order valence-electron chi connectivity index (χ1n) is 8.77. The molecule has 0 saturated carbocycles. The molecule has 5 nitrogen and oxygen atoms in total. The molecule has 2 aromatic rings. The SMILES string of the molecule is N#C[C@@H]1CCCN1C(=O)CNC1CCc2c([nH]c3ccccc23)C1. The molecule has 1 aliphatic carbocycles. The summed E-state index contributed by atoms with van der Waals surface area (Å²) in [6.45, 7) is 1.05. The Labute approximate surface area is 141 Å². The molecule has 2 atom stereocenters. The highest BCUT2D eigenvalue weighted by Crippen LogP contribution is 2.29. The number of amides is 1. The fraction of sp³-hybridized carbons (Fsp3) is 0.474. The second-order valence-corrected chi connectivity index (χ2v) is 6.82. The number of hydrogen-bond acceptors (Lipinski definition) is 3. The lowest BCUT2D eigenvalue weighted by atomic mass is 9.92. The fourth-order valence-corrected chi connectivity index (χ4v) is 4.09. The molecule has 0 bridgehead atoms. The van der Waals surface area contributed by atoms with Gasteiger partial charge in [-0.3, -0.25) is 4.79 Å². The first-order chi connectivity index (χ1) is 11.8. The van der Waals surface area contributed by atoms with E-state index in [0.717, 1.165) is 38.6 Å². The van der Waals surface area contributed by atoms with Crippen LogP contribution in [-0.4, -0.2) is 41.0 Å². The van der Waals surface area contributed by atoms with Crippen LogP contribution in [0, 0.1) is 11.3 Å². The number of aromatic nitrogens is 1. The van der Waals surface area contributed by atoms with Crippen molar-refractivity contribution < 1.29 is 4.79 Å². The minimum Gasteiger partial charge on any atom is -0.358 e. The van der Waals surface area contributed by atoms with E-state index in [1.807, 2.05) is 0 Å². The smallest absolute Gasteiger partial charge is 0.237 e. The number of aromatic amines is 1. The van der Waals surface area contributed by atoms with E-state index in [9.17, 15) is 4.79 Å². The molecular formula is C19H22N4O. The number of likely N-dealkylation sites (tertiary alicyclic amines) is 1. The van der Waals surface area contributed by atoms with Gasteiger partial charge < -0.3 is 15.2 Å². The summed E-state index contributed by atoms with van der Waals surface area (Å²) in [5, 5.41) is 13.8. The normalized spacial score (nSPS) is 23.2. The van der Waals surface area contributed by atoms with Crippen molar-refractivity contribution in [3.05, 3.63) is 35.5 Å². The van der Waals surface area contributed by atoms with E-state index in [0.29, 0.717) is 12.6 Å². The number of carbonyl (C=O) groups excluding carboxylic acids is 1. The molecule has 1 unspecified atom stereocenters. The van der Waals surface area contributed by atoms with Gasteiger partial charge in [-0.2, -0.15) is 5.26 Å². The van der Waals surface area contributed by atoms with Gasteiger partial charge in [-0.1, -0.05) is 18.2 Å². The third-order valence-corrected chi connectivity index (χ3v) is 5.36. The van der Waals surface area contributed by atoms with Crippen LogP contribution in [0.4, 0.5) is 0 Å². The molecule has 1 aromatic carbocycles. The lowest BCUT2D eigenvalue weighted by molar-refractivity contribution is -0.130. The number of nitrogens with one attached hydrogen (secondary N) is 2. The quantitative estimate of drug-likeness (QED) is 0.909. The number of H-pyrrole nitrogens is 1. The van der Waals surface area contributed by atoms with Crippen molar-refractivity contribution in [2.24, 2.45) is 0 Å². The maximum Gasteiger partial charge on any atom is 0.237 e. The molecule has 2 heterocycles. The highest BCUT2D eigenvalue weighted by Gasteiger charge is 2.29. The molecule has 0 spiro atoms. The van der Waals surface area contributed by atoms with Gasteiger partial charge >= 0.3 is 0 Å². The van der Waals surface area contributed by atoms with E-state index in [1.165, 1.54) is 22.2 Å². The molecule has 1 aromatic heterocycles. The number of nitriles is 1. The zero-order valence-electron chi connectivity index (χ0n) is 13.7. The number of hydrogen-bond donors (Lipinski definition) is 2. The van der Waals surface area contributed by atoms with Crippen LogP contribution >= 0.6 is 0 Å². The molecule has 2 aliphatic rings. The summed E-state index contributed by atoms with van der Waals surface area (Å²) in [5.41, 5.74) is 3.93. The van der Waals surface area contributed by atoms with Crippen molar-refractivity contribution in [1.29, 1.82) is 5.26 Å². The van der Waals surface area contributed by atoms with Crippen molar-refractivity contribution in [3.8, 4) is 6.07 Å². The molecule has 1 fully saturated rings. The average Bonchev–Trinajstić information content (AvgIpc) is 3.23. The Morgan fingerprint density at radius 3 is 3.12 bits per heavy atom. The number of fused-ring (bicyclic) bond motifs is 3. The van der Waals surface area contributed by atoms with Crippen molar-refractivity contribution in [2.45, 2.75) is 44.2 Å². The molecule has 1 saturated heterocycles. The highest BCUT2D eigenvalue weighted by atomic mass is 16.2. The molecule has 0 radical (unpaired) electrons. The van der Waals surface area contributed by atoms with Crippen molar-refractivity contribution >= 4 is 16.8 Å². The summed E-state index contributed by atoms with van der Waals surface area (Å²) in [4.78, 5) is 17.6. The second kappa shape index (κ2) is 6.29. The van der Waals surface area contributed by atoms with Crippen LogP contribution in [0.5, 0.6) is 0 Å². The van der Waals surface area contributed by atoms with E-state index in [-0.39, 0.29) is 11.9 Å². The highest BCUT2D eigenvalue weighted by molar-refractivity contribution is 5.85. The van der Waals surface area contributed by atoms with Crippen molar-refractivity contribution in [2.75, 3.05) is 13.1 Å². The minimum absolute atomic E-state index is 0.0569. The largest absolute Gasteiger partial charge is 0.358 e. The van der Waals surface area contributed by atoms with Crippen molar-refractivity contribution in [3.63, 3.8) is 0 Å². The maximum absolute atomic E-state index is 12.3. The predicted octanol–water partition coefficient (Wildman–Crippen LogP) is 2.13. The Morgan fingerprint density at radius 2 is 2.25 bits per heavy atom. The van der Waals surface area contributed by atoms with Crippen LogP contribution < -0.4 is 5.32 Å². The Bertz CT molecular complexity index is 803. The van der Waals surface area contributed by atoms with Crippen LogP contribution in [0.25, 0.3) is 10.9 Å². The van der Waals surface area contributed by atoms with Gasteiger partial charge in [-0.15, -0.1) is 0 Å². The molecule has 4 rings (SSSR count). The third-order valence-electron chi connectivity index (χ3n) is 5.36. The van der Waals surface area contributed by atoms with Gasteiger partial charge in [0.2, 0.25) is 5.91 Å². The van der Waals surface area contributed by atoms with Crippen molar-refractivity contribution in [1.82, 2.24) is 15.2 Å². The minimum atomic E-state index is -0.231. The average molecular weight is 322 g/mol. The summed E-state index contributed by atoms with van der Waals surface area (Å²) in [7, 11) is 0. The number of nitrogens with zero attached hydrogens (tertiary/aromatic N) is 2. The summed E-state index contributed by atoms with van der Waals surface area (Å²) >= 11 is 0. The summed E-state index contributed by atoms with van der Waals surface area (Å²) in [6, 6.07) is 10.8. The molecule has 24 heavy (non-hydrogen) atoms. The lowest BCUT2D eigenvalue weighted by Crippen LogP contribution is -2.44. The van der Waals surface area contributed by atoms with E-state index in [2.05, 4.69) is 40.6 Å². The topological polar surface area (TPSA) is 71.9 Å². The zero-order valence-corrected chi connectivity index (χ0v) is 13.7. The van der Waals surface area contributed by atoms with Crippen LogP contribution in [0.1, 0.15) is 30.5 Å². The standard InChI is InChI=1S/C19H22N4O/c20-11-14-4-3-9-23(14)19(24)12-21-13-7-8-16-15-5-1-2-6-17(15)22-18(16)10-13/h1-2,5-6,13-14,21-22H,3-4,7-10,12H2/t13?,14-/m0/s1. The van der Waals surface area contributed by atoms with E-state index in [1.54, 1.807) is 4.90 Å². The van der Waals surface area contributed by atoms with Gasteiger partial charge in [0, 0.05) is 35.6 Å². The Kier molecular flexibility index (Phi) is 3.99.